The summed E-state index contributed by atoms with van der Waals surface area (Å²) < 4.78 is 5.53. The fraction of sp³-hybridized carbons (Fsp3) is 0.154. The number of hydrogen-bond acceptors (Lipinski definition) is 4. The summed E-state index contributed by atoms with van der Waals surface area (Å²) in [5.41, 5.74) is 1.18. The Morgan fingerprint density at radius 2 is 2.00 bits per heavy atom. The normalized spacial score (nSPS) is 10.3. The van der Waals surface area contributed by atoms with E-state index < -0.39 is 4.92 Å². The van der Waals surface area contributed by atoms with Gasteiger partial charge in [-0.3, -0.25) is 10.1 Å². The number of rotatable bonds is 3. The molecule has 1 aromatic carbocycles. The predicted octanol–water partition coefficient (Wildman–Crippen LogP) is 4.05. The molecule has 0 aliphatic rings. The molecule has 0 saturated carbocycles. The molecule has 0 N–H and O–H groups in total. The molecular weight excluding hydrogens is 268 g/mol. The third-order valence-electron chi connectivity index (χ3n) is 2.63. The maximum absolute atomic E-state index is 11.0. The predicted molar refractivity (Wildman–Crippen MR) is 71.9 cm³/mol. The number of ether oxygens (including phenoxy) is 1. The number of hydrogen-bond donors (Lipinski definition) is 0. The van der Waals surface area contributed by atoms with Crippen LogP contribution in [0.2, 0.25) is 5.02 Å². The van der Waals surface area contributed by atoms with Crippen LogP contribution in [0.3, 0.4) is 0 Å². The van der Waals surface area contributed by atoms with Crippen LogP contribution >= 0.6 is 11.6 Å². The van der Waals surface area contributed by atoms with Crippen molar-refractivity contribution in [3.8, 4) is 11.6 Å². The van der Waals surface area contributed by atoms with E-state index in [9.17, 15) is 10.1 Å². The van der Waals surface area contributed by atoms with Crippen molar-refractivity contribution in [2.45, 2.75) is 13.8 Å². The van der Waals surface area contributed by atoms with Gasteiger partial charge in [0.05, 0.1) is 4.92 Å². The average molecular weight is 279 g/mol. The fourth-order valence-corrected chi connectivity index (χ4v) is 1.77. The third-order valence-corrected chi connectivity index (χ3v) is 2.87. The maximum Gasteiger partial charge on any atom is 0.334 e. The van der Waals surface area contributed by atoms with Gasteiger partial charge in [-0.2, -0.15) is 0 Å². The van der Waals surface area contributed by atoms with Gasteiger partial charge in [0, 0.05) is 16.8 Å². The van der Waals surface area contributed by atoms with E-state index in [1.54, 1.807) is 31.2 Å². The summed E-state index contributed by atoms with van der Waals surface area (Å²) in [6.07, 6.45) is 1.47. The molecule has 0 saturated heterocycles. The number of nitro groups is 1. The Morgan fingerprint density at radius 3 is 2.68 bits per heavy atom. The first-order chi connectivity index (χ1) is 8.99. The molecule has 0 amide bonds. The fourth-order valence-electron chi connectivity index (χ4n) is 1.61. The van der Waals surface area contributed by atoms with Crippen molar-refractivity contribution < 1.29 is 9.66 Å². The summed E-state index contributed by atoms with van der Waals surface area (Å²) in [6, 6.07) is 6.67. The van der Waals surface area contributed by atoms with Crippen molar-refractivity contribution in [3.05, 3.63) is 56.7 Å². The van der Waals surface area contributed by atoms with Crippen LogP contribution in [-0.2, 0) is 0 Å². The van der Waals surface area contributed by atoms with Gasteiger partial charge < -0.3 is 4.74 Å². The van der Waals surface area contributed by atoms with Gasteiger partial charge in [0.1, 0.15) is 5.75 Å². The maximum atomic E-state index is 11.0. The van der Waals surface area contributed by atoms with Gasteiger partial charge in [-0.1, -0.05) is 17.7 Å². The minimum Gasteiger partial charge on any atom is -0.433 e. The molecule has 6 heteroatoms. The van der Waals surface area contributed by atoms with Crippen molar-refractivity contribution in [1.82, 2.24) is 4.98 Å². The first-order valence-corrected chi connectivity index (χ1v) is 5.91. The molecular formula is C13H11ClN2O3. The molecule has 2 rings (SSSR count). The Hall–Kier alpha value is -2.14. The lowest BCUT2D eigenvalue weighted by Gasteiger charge is -2.09. The van der Waals surface area contributed by atoms with Crippen LogP contribution in [0, 0.1) is 24.0 Å². The second-order valence-corrected chi connectivity index (χ2v) is 4.49. The Kier molecular flexibility index (Phi) is 3.66. The number of aromatic nitrogens is 1. The molecule has 0 bridgehead atoms. The molecule has 0 spiro atoms. The summed E-state index contributed by atoms with van der Waals surface area (Å²) in [5.74, 6) is 0.420. The van der Waals surface area contributed by atoms with Gasteiger partial charge in [-0.15, -0.1) is 0 Å². The molecule has 0 atom stereocenters. The molecule has 0 radical (unpaired) electrons. The monoisotopic (exact) mass is 278 g/mol. The van der Waals surface area contributed by atoms with Crippen LogP contribution < -0.4 is 4.74 Å². The molecule has 0 unspecified atom stereocenters. The first-order valence-electron chi connectivity index (χ1n) is 5.53. The summed E-state index contributed by atoms with van der Waals surface area (Å²) in [4.78, 5) is 14.5. The Morgan fingerprint density at radius 1 is 1.26 bits per heavy atom. The first kappa shape index (κ1) is 13.3. The Labute approximate surface area is 115 Å². The van der Waals surface area contributed by atoms with Crippen molar-refractivity contribution >= 4 is 17.3 Å². The van der Waals surface area contributed by atoms with Gasteiger partial charge in [0.25, 0.3) is 5.88 Å². The highest BCUT2D eigenvalue weighted by Gasteiger charge is 2.21. The second kappa shape index (κ2) is 5.24. The number of halogens is 1. The number of pyridine rings is 1. The zero-order chi connectivity index (χ0) is 14.0. The van der Waals surface area contributed by atoms with Gasteiger partial charge >= 0.3 is 5.69 Å². The second-order valence-electron chi connectivity index (χ2n) is 4.05. The zero-order valence-electron chi connectivity index (χ0n) is 10.4. The SMILES string of the molecule is Cc1ccc(Cl)cc1Oc1nccc(C)c1[N+](=O)[O-]. The van der Waals surface area contributed by atoms with Gasteiger partial charge in [0.2, 0.25) is 0 Å². The van der Waals surface area contributed by atoms with Crippen LogP contribution in [0.4, 0.5) is 5.69 Å². The summed E-state index contributed by atoms with van der Waals surface area (Å²) in [5, 5.41) is 11.5. The quantitative estimate of drug-likeness (QED) is 0.627. The summed E-state index contributed by atoms with van der Waals surface area (Å²) >= 11 is 5.88. The van der Waals surface area contributed by atoms with Gasteiger partial charge in [-0.25, -0.2) is 4.98 Å². The van der Waals surface area contributed by atoms with Gasteiger partial charge in [0.15, 0.2) is 0 Å². The number of nitrogens with zero attached hydrogens (tertiary/aromatic N) is 2. The van der Waals surface area contributed by atoms with Crippen LogP contribution in [-0.4, -0.2) is 9.91 Å². The zero-order valence-corrected chi connectivity index (χ0v) is 11.1. The highest BCUT2D eigenvalue weighted by Crippen LogP contribution is 2.33. The molecule has 98 valence electrons. The lowest BCUT2D eigenvalue weighted by molar-refractivity contribution is -0.386. The third kappa shape index (κ3) is 2.82. The van der Waals surface area contributed by atoms with E-state index in [0.29, 0.717) is 16.3 Å². The lowest BCUT2D eigenvalue weighted by atomic mass is 10.2. The minimum atomic E-state index is -0.502. The average Bonchev–Trinajstić information content (AvgIpc) is 2.33. The molecule has 19 heavy (non-hydrogen) atoms. The topological polar surface area (TPSA) is 65.3 Å². The highest BCUT2D eigenvalue weighted by molar-refractivity contribution is 6.30. The number of aryl methyl sites for hydroxylation is 2. The molecule has 0 aliphatic heterocycles. The van der Waals surface area contributed by atoms with E-state index >= 15 is 0 Å². The highest BCUT2D eigenvalue weighted by atomic mass is 35.5. The van der Waals surface area contributed by atoms with E-state index in [2.05, 4.69) is 4.98 Å². The van der Waals surface area contributed by atoms with Gasteiger partial charge in [-0.05, 0) is 37.6 Å². The smallest absolute Gasteiger partial charge is 0.334 e. The van der Waals surface area contributed by atoms with E-state index in [0.717, 1.165) is 5.56 Å². The molecule has 5 nitrogen and oxygen atoms in total. The van der Waals surface area contributed by atoms with E-state index in [1.165, 1.54) is 6.20 Å². The Balaban J connectivity index is 2.46. The Bertz CT molecular complexity index is 644. The van der Waals surface area contributed by atoms with Crippen LogP contribution in [0.1, 0.15) is 11.1 Å². The molecule has 2 aromatic rings. The van der Waals surface area contributed by atoms with Crippen molar-refractivity contribution in [2.24, 2.45) is 0 Å². The van der Waals surface area contributed by atoms with Crippen molar-refractivity contribution in [3.63, 3.8) is 0 Å². The van der Waals surface area contributed by atoms with Crippen LogP contribution in [0.25, 0.3) is 0 Å². The molecule has 1 aromatic heterocycles. The van der Waals surface area contributed by atoms with E-state index in [1.807, 2.05) is 6.92 Å². The summed E-state index contributed by atoms with van der Waals surface area (Å²) in [7, 11) is 0. The van der Waals surface area contributed by atoms with Crippen molar-refractivity contribution in [2.75, 3.05) is 0 Å². The molecule has 0 aliphatic carbocycles. The van der Waals surface area contributed by atoms with Crippen LogP contribution in [0.15, 0.2) is 30.5 Å². The van der Waals surface area contributed by atoms with Crippen LogP contribution in [0.5, 0.6) is 11.6 Å². The summed E-state index contributed by atoms with van der Waals surface area (Å²) in [6.45, 7) is 3.46. The standard InChI is InChI=1S/C13H11ClN2O3/c1-8-3-4-10(14)7-11(8)19-13-12(16(17)18)9(2)5-6-15-13/h3-7H,1-2H3. The molecule has 1 heterocycles. The number of benzene rings is 1. The van der Waals surface area contributed by atoms with Crippen molar-refractivity contribution in [1.29, 1.82) is 0 Å². The largest absolute Gasteiger partial charge is 0.433 e. The van der Waals surface area contributed by atoms with E-state index in [-0.39, 0.29) is 11.6 Å². The molecule has 0 fully saturated rings. The van der Waals surface area contributed by atoms with E-state index in [4.69, 9.17) is 16.3 Å². The lowest BCUT2D eigenvalue weighted by Crippen LogP contribution is -1.99. The minimum absolute atomic E-state index is 0.0321.